The van der Waals surface area contributed by atoms with Crippen LogP contribution >= 0.6 is 11.8 Å². The van der Waals surface area contributed by atoms with Crippen LogP contribution in [0.15, 0.2) is 12.4 Å². The van der Waals surface area contributed by atoms with Gasteiger partial charge < -0.3 is 14.6 Å². The highest BCUT2D eigenvalue weighted by molar-refractivity contribution is 7.99. The number of aryl methyl sites for hydroxylation is 1. The lowest BCUT2D eigenvalue weighted by Gasteiger charge is -2.15. The number of imidazole rings is 1. The van der Waals surface area contributed by atoms with Crippen LogP contribution in [0.5, 0.6) is 0 Å². The standard InChI is InChI=1S/C13H25N3OS/c1-4-17-10-6-8-16-9-7-14-13(16)15-12(3)11-18-5-2/h7,9,12H,4-6,8,10-11H2,1-3H3,(H,14,15). The first-order chi connectivity index (χ1) is 8.77. The van der Waals surface area contributed by atoms with E-state index in [-0.39, 0.29) is 0 Å². The van der Waals surface area contributed by atoms with Gasteiger partial charge in [-0.1, -0.05) is 6.92 Å². The molecular formula is C13H25N3OS. The highest BCUT2D eigenvalue weighted by Crippen LogP contribution is 2.10. The average Bonchev–Trinajstić information content (AvgIpc) is 2.79. The van der Waals surface area contributed by atoms with Crippen molar-refractivity contribution >= 4 is 17.7 Å². The van der Waals surface area contributed by atoms with E-state index in [1.165, 1.54) is 0 Å². The zero-order valence-electron chi connectivity index (χ0n) is 11.7. The van der Waals surface area contributed by atoms with Crippen LogP contribution in [0.25, 0.3) is 0 Å². The molecule has 0 amide bonds. The van der Waals surface area contributed by atoms with Crippen molar-refractivity contribution in [3.63, 3.8) is 0 Å². The van der Waals surface area contributed by atoms with Crippen molar-refractivity contribution in [1.82, 2.24) is 9.55 Å². The van der Waals surface area contributed by atoms with Gasteiger partial charge in [-0.05, 0) is 26.0 Å². The number of thioether (sulfide) groups is 1. The summed E-state index contributed by atoms with van der Waals surface area (Å²) in [6.07, 6.45) is 4.90. The molecular weight excluding hydrogens is 246 g/mol. The maximum Gasteiger partial charge on any atom is 0.203 e. The van der Waals surface area contributed by atoms with Crippen LogP contribution in [0.2, 0.25) is 0 Å². The fourth-order valence-electron chi connectivity index (χ4n) is 1.67. The number of hydrogen-bond acceptors (Lipinski definition) is 4. The van der Waals surface area contributed by atoms with Crippen LogP contribution in [0.1, 0.15) is 27.2 Å². The molecule has 1 rings (SSSR count). The maximum atomic E-state index is 5.35. The molecule has 0 fully saturated rings. The van der Waals surface area contributed by atoms with Crippen molar-refractivity contribution in [1.29, 1.82) is 0 Å². The monoisotopic (exact) mass is 271 g/mol. The third kappa shape index (κ3) is 5.78. The van der Waals surface area contributed by atoms with Crippen molar-refractivity contribution < 1.29 is 4.74 Å². The first kappa shape index (κ1) is 15.4. The molecule has 1 aromatic rings. The molecule has 5 heteroatoms. The largest absolute Gasteiger partial charge is 0.382 e. The van der Waals surface area contributed by atoms with E-state index in [0.717, 1.165) is 43.6 Å². The highest BCUT2D eigenvalue weighted by Gasteiger charge is 2.06. The molecule has 0 aliphatic heterocycles. The van der Waals surface area contributed by atoms with Crippen LogP contribution < -0.4 is 5.32 Å². The minimum absolute atomic E-state index is 0.447. The van der Waals surface area contributed by atoms with E-state index in [1.54, 1.807) is 0 Å². The summed E-state index contributed by atoms with van der Waals surface area (Å²) in [6.45, 7) is 8.97. The van der Waals surface area contributed by atoms with Gasteiger partial charge in [-0.25, -0.2) is 4.98 Å². The first-order valence-electron chi connectivity index (χ1n) is 6.71. The summed E-state index contributed by atoms with van der Waals surface area (Å²) in [5.41, 5.74) is 0. The number of nitrogens with one attached hydrogen (secondary N) is 1. The third-order valence-electron chi connectivity index (χ3n) is 2.55. The summed E-state index contributed by atoms with van der Waals surface area (Å²) in [4.78, 5) is 4.36. The maximum absolute atomic E-state index is 5.35. The van der Waals surface area contributed by atoms with Gasteiger partial charge in [-0.2, -0.15) is 11.8 Å². The smallest absolute Gasteiger partial charge is 0.203 e. The van der Waals surface area contributed by atoms with E-state index in [1.807, 2.05) is 31.1 Å². The zero-order valence-corrected chi connectivity index (χ0v) is 12.5. The van der Waals surface area contributed by atoms with Crippen molar-refractivity contribution in [3.8, 4) is 0 Å². The molecule has 0 aliphatic rings. The van der Waals surface area contributed by atoms with Crippen LogP contribution in [-0.2, 0) is 11.3 Å². The molecule has 0 saturated carbocycles. The Bertz CT molecular complexity index is 317. The molecule has 104 valence electrons. The molecule has 0 bridgehead atoms. The predicted octanol–water partition coefficient (Wildman–Crippen LogP) is 2.86. The van der Waals surface area contributed by atoms with E-state index < -0.39 is 0 Å². The van der Waals surface area contributed by atoms with Gasteiger partial charge in [-0.15, -0.1) is 0 Å². The Morgan fingerprint density at radius 2 is 2.33 bits per heavy atom. The van der Waals surface area contributed by atoms with E-state index in [9.17, 15) is 0 Å². The molecule has 0 radical (unpaired) electrons. The Balaban J connectivity index is 2.34. The summed E-state index contributed by atoms with van der Waals surface area (Å²) in [7, 11) is 0. The topological polar surface area (TPSA) is 39.1 Å². The molecule has 0 aromatic carbocycles. The summed E-state index contributed by atoms with van der Waals surface area (Å²) in [6, 6.07) is 0.447. The van der Waals surface area contributed by atoms with Gasteiger partial charge in [0, 0.05) is 43.9 Å². The second kappa shape index (κ2) is 9.28. The van der Waals surface area contributed by atoms with Gasteiger partial charge in [0.15, 0.2) is 0 Å². The van der Waals surface area contributed by atoms with Gasteiger partial charge in [0.05, 0.1) is 0 Å². The Morgan fingerprint density at radius 3 is 3.06 bits per heavy atom. The molecule has 1 N–H and O–H groups in total. The number of rotatable bonds is 10. The van der Waals surface area contributed by atoms with E-state index in [0.29, 0.717) is 6.04 Å². The number of ether oxygens (including phenoxy) is 1. The SMILES string of the molecule is CCOCCCn1ccnc1NC(C)CSCC. The molecule has 0 saturated heterocycles. The summed E-state index contributed by atoms with van der Waals surface area (Å²) in [5.74, 6) is 3.24. The van der Waals surface area contributed by atoms with E-state index in [4.69, 9.17) is 4.74 Å². The quantitative estimate of drug-likeness (QED) is 0.664. The molecule has 0 aliphatic carbocycles. The Morgan fingerprint density at radius 1 is 1.50 bits per heavy atom. The van der Waals surface area contributed by atoms with Crippen molar-refractivity contribution in [2.24, 2.45) is 0 Å². The Hall–Kier alpha value is -0.680. The van der Waals surface area contributed by atoms with Gasteiger partial charge in [0.2, 0.25) is 5.95 Å². The highest BCUT2D eigenvalue weighted by atomic mass is 32.2. The van der Waals surface area contributed by atoms with E-state index in [2.05, 4.69) is 28.7 Å². The van der Waals surface area contributed by atoms with Crippen molar-refractivity contribution in [2.45, 2.75) is 39.8 Å². The van der Waals surface area contributed by atoms with E-state index >= 15 is 0 Å². The Kier molecular flexibility index (Phi) is 7.93. The van der Waals surface area contributed by atoms with Crippen LogP contribution in [0, 0.1) is 0 Å². The number of nitrogens with zero attached hydrogens (tertiary/aromatic N) is 2. The van der Waals surface area contributed by atoms with Crippen LogP contribution in [-0.4, -0.2) is 40.3 Å². The molecule has 0 spiro atoms. The molecule has 1 heterocycles. The normalized spacial score (nSPS) is 12.6. The lowest BCUT2D eigenvalue weighted by Crippen LogP contribution is -2.21. The predicted molar refractivity (Wildman–Crippen MR) is 79.4 cm³/mol. The van der Waals surface area contributed by atoms with Gasteiger partial charge >= 0.3 is 0 Å². The van der Waals surface area contributed by atoms with Crippen LogP contribution in [0.4, 0.5) is 5.95 Å². The first-order valence-corrected chi connectivity index (χ1v) is 7.86. The van der Waals surface area contributed by atoms with Gasteiger partial charge in [0.25, 0.3) is 0 Å². The molecule has 1 aromatic heterocycles. The summed E-state index contributed by atoms with van der Waals surface area (Å²) >= 11 is 1.95. The van der Waals surface area contributed by atoms with Gasteiger partial charge in [0.1, 0.15) is 0 Å². The fraction of sp³-hybridized carbons (Fsp3) is 0.769. The lowest BCUT2D eigenvalue weighted by molar-refractivity contribution is 0.142. The van der Waals surface area contributed by atoms with Gasteiger partial charge in [-0.3, -0.25) is 0 Å². The fourth-order valence-corrected chi connectivity index (χ4v) is 2.34. The second-order valence-electron chi connectivity index (χ2n) is 4.20. The summed E-state index contributed by atoms with van der Waals surface area (Å²) < 4.78 is 7.51. The Labute approximate surface area is 115 Å². The molecule has 18 heavy (non-hydrogen) atoms. The van der Waals surface area contributed by atoms with Crippen molar-refractivity contribution in [3.05, 3.63) is 12.4 Å². The number of hydrogen-bond donors (Lipinski definition) is 1. The molecule has 1 unspecified atom stereocenters. The lowest BCUT2D eigenvalue weighted by atomic mass is 10.4. The minimum atomic E-state index is 0.447. The molecule has 1 atom stereocenters. The summed E-state index contributed by atoms with van der Waals surface area (Å²) in [5, 5.41) is 3.46. The third-order valence-corrected chi connectivity index (χ3v) is 3.70. The average molecular weight is 271 g/mol. The second-order valence-corrected chi connectivity index (χ2v) is 5.52. The van der Waals surface area contributed by atoms with Crippen molar-refractivity contribution in [2.75, 3.05) is 30.0 Å². The zero-order chi connectivity index (χ0) is 13.2. The molecule has 4 nitrogen and oxygen atoms in total. The number of anilines is 1. The minimum Gasteiger partial charge on any atom is -0.382 e. The van der Waals surface area contributed by atoms with Crippen LogP contribution in [0.3, 0.4) is 0 Å². The number of aromatic nitrogens is 2.